The smallest absolute Gasteiger partial charge is 0.256 e. The Labute approximate surface area is 235 Å². The molecule has 0 fully saturated rings. The lowest BCUT2D eigenvalue weighted by Crippen LogP contribution is -2.60. The summed E-state index contributed by atoms with van der Waals surface area (Å²) in [7, 11) is 0. The van der Waals surface area contributed by atoms with Crippen LogP contribution in [-0.4, -0.2) is 6.71 Å². The van der Waals surface area contributed by atoms with Crippen LogP contribution in [-0.2, 0) is 0 Å². The zero-order valence-corrected chi connectivity index (χ0v) is 22.5. The highest BCUT2D eigenvalue weighted by Crippen LogP contribution is 2.49. The van der Waals surface area contributed by atoms with Crippen LogP contribution in [0.25, 0.3) is 20.2 Å². The molecule has 2 aliphatic heterocycles. The van der Waals surface area contributed by atoms with E-state index in [1.165, 1.54) is 69.3 Å². The first kappa shape index (κ1) is 21.6. The summed E-state index contributed by atoms with van der Waals surface area (Å²) < 4.78 is 2.67. The van der Waals surface area contributed by atoms with Gasteiger partial charge in [0.15, 0.2) is 0 Å². The van der Waals surface area contributed by atoms with Crippen molar-refractivity contribution in [3.63, 3.8) is 0 Å². The molecule has 5 heteroatoms. The zero-order valence-electron chi connectivity index (χ0n) is 20.9. The summed E-state index contributed by atoms with van der Waals surface area (Å²) >= 11 is 3.82. The first-order valence-corrected chi connectivity index (χ1v) is 14.9. The standard InChI is InChI=1S/C34H21BN2S2/c1-3-12-22(13-4-1)36-26-18-11-19-27-32(26)35(30-24-16-7-9-20-28(24)38-33(30)36)31-25-17-8-10-21-29(25)39-34(31)37(27)23-14-5-2-6-15-23/h1-21H. The summed E-state index contributed by atoms with van der Waals surface area (Å²) in [6.07, 6.45) is 0. The van der Waals surface area contributed by atoms with E-state index in [2.05, 4.69) is 137 Å². The van der Waals surface area contributed by atoms with Gasteiger partial charge in [0, 0.05) is 32.1 Å². The van der Waals surface area contributed by atoms with Crippen molar-refractivity contribution < 1.29 is 0 Å². The van der Waals surface area contributed by atoms with Gasteiger partial charge in [-0.15, -0.1) is 22.7 Å². The van der Waals surface area contributed by atoms with Crippen LogP contribution in [0.15, 0.2) is 127 Å². The van der Waals surface area contributed by atoms with Gasteiger partial charge in [-0.25, -0.2) is 0 Å². The lowest BCUT2D eigenvalue weighted by Gasteiger charge is -2.41. The Morgan fingerprint density at radius 1 is 0.410 bits per heavy atom. The Balaban J connectivity index is 1.46. The molecule has 4 heterocycles. The molecule has 2 aliphatic rings. The number of para-hydroxylation sites is 2. The summed E-state index contributed by atoms with van der Waals surface area (Å²) in [6.45, 7) is 0.161. The van der Waals surface area contributed by atoms with Crippen LogP contribution in [0.5, 0.6) is 0 Å². The maximum absolute atomic E-state index is 2.50. The van der Waals surface area contributed by atoms with Gasteiger partial charge in [0.1, 0.15) is 0 Å². The largest absolute Gasteiger partial charge is 0.303 e. The zero-order chi connectivity index (χ0) is 25.5. The fourth-order valence-corrected chi connectivity index (χ4v) is 9.09. The third kappa shape index (κ3) is 2.92. The Morgan fingerprint density at radius 3 is 1.33 bits per heavy atom. The molecule has 2 nitrogen and oxygen atoms in total. The molecule has 2 aromatic heterocycles. The van der Waals surface area contributed by atoms with Gasteiger partial charge in [-0.3, -0.25) is 0 Å². The molecule has 0 saturated carbocycles. The molecule has 7 aromatic rings. The second-order valence-electron chi connectivity index (χ2n) is 10.1. The van der Waals surface area contributed by atoms with Gasteiger partial charge in [0.25, 0.3) is 6.71 Å². The highest BCUT2D eigenvalue weighted by Gasteiger charge is 2.46. The van der Waals surface area contributed by atoms with Crippen molar-refractivity contribution in [1.82, 2.24) is 0 Å². The second kappa shape index (κ2) is 8.09. The normalized spacial score (nSPS) is 13.5. The van der Waals surface area contributed by atoms with Crippen molar-refractivity contribution in [2.45, 2.75) is 0 Å². The van der Waals surface area contributed by atoms with Crippen molar-refractivity contribution in [3.05, 3.63) is 127 Å². The molecular weight excluding hydrogens is 511 g/mol. The highest BCUT2D eigenvalue weighted by molar-refractivity contribution is 7.29. The van der Waals surface area contributed by atoms with Crippen LogP contribution < -0.4 is 26.2 Å². The van der Waals surface area contributed by atoms with Gasteiger partial charge in [0.2, 0.25) is 0 Å². The minimum Gasteiger partial charge on any atom is -0.303 e. The number of nitrogens with zero attached hydrogens (tertiary/aromatic N) is 2. The van der Waals surface area contributed by atoms with Crippen LogP contribution >= 0.6 is 22.7 Å². The van der Waals surface area contributed by atoms with Gasteiger partial charge in [-0.2, -0.15) is 0 Å². The molecular formula is C34H21BN2S2. The van der Waals surface area contributed by atoms with Crippen LogP contribution in [0.2, 0.25) is 0 Å². The lowest BCUT2D eigenvalue weighted by atomic mass is 9.34. The molecule has 0 radical (unpaired) electrons. The molecule has 0 saturated heterocycles. The third-order valence-electron chi connectivity index (χ3n) is 8.07. The summed E-state index contributed by atoms with van der Waals surface area (Å²) in [5, 5.41) is 5.37. The van der Waals surface area contributed by atoms with Gasteiger partial charge in [-0.1, -0.05) is 78.9 Å². The van der Waals surface area contributed by atoms with Crippen LogP contribution in [0.3, 0.4) is 0 Å². The number of hydrogen-bond donors (Lipinski definition) is 0. The topological polar surface area (TPSA) is 6.48 Å². The van der Waals surface area contributed by atoms with Crippen molar-refractivity contribution in [2.24, 2.45) is 0 Å². The van der Waals surface area contributed by atoms with Gasteiger partial charge >= 0.3 is 0 Å². The average Bonchev–Trinajstić information content (AvgIpc) is 3.57. The summed E-state index contributed by atoms with van der Waals surface area (Å²) in [5.41, 5.74) is 9.18. The molecule has 0 amide bonds. The quantitative estimate of drug-likeness (QED) is 0.207. The van der Waals surface area contributed by atoms with E-state index in [1.54, 1.807) is 0 Å². The fourth-order valence-electron chi connectivity index (χ4n) is 6.54. The SMILES string of the molecule is c1ccc(N2c3cccc4c3B(c3c2sc2ccccc32)c2c(sc3ccccc23)N4c2ccccc2)cc1. The van der Waals surface area contributed by atoms with Crippen LogP contribution in [0.4, 0.5) is 32.8 Å². The molecule has 0 N–H and O–H groups in total. The van der Waals surface area contributed by atoms with E-state index < -0.39 is 0 Å². The van der Waals surface area contributed by atoms with Crippen molar-refractivity contribution in [2.75, 3.05) is 9.80 Å². The first-order valence-electron chi connectivity index (χ1n) is 13.2. The fraction of sp³-hybridized carbons (Fsp3) is 0. The number of anilines is 6. The Kier molecular flexibility index (Phi) is 4.48. The molecule has 5 aromatic carbocycles. The number of benzene rings is 5. The minimum atomic E-state index is 0.161. The highest BCUT2D eigenvalue weighted by atomic mass is 32.1. The summed E-state index contributed by atoms with van der Waals surface area (Å²) in [4.78, 5) is 5.00. The number of rotatable bonds is 2. The third-order valence-corrected chi connectivity index (χ3v) is 10.4. The molecule has 0 bridgehead atoms. The molecule has 0 spiro atoms. The molecule has 9 rings (SSSR count). The molecule has 0 aliphatic carbocycles. The van der Waals surface area contributed by atoms with Crippen molar-refractivity contribution in [3.8, 4) is 0 Å². The maximum Gasteiger partial charge on any atom is 0.256 e. The molecule has 39 heavy (non-hydrogen) atoms. The van der Waals surface area contributed by atoms with Crippen molar-refractivity contribution in [1.29, 1.82) is 0 Å². The number of thiophene rings is 2. The van der Waals surface area contributed by atoms with Crippen molar-refractivity contribution >= 4 is 98.7 Å². The average molecular weight is 533 g/mol. The molecule has 182 valence electrons. The minimum absolute atomic E-state index is 0.161. The lowest BCUT2D eigenvalue weighted by molar-refractivity contribution is 1.29. The van der Waals surface area contributed by atoms with E-state index in [0.29, 0.717) is 0 Å². The van der Waals surface area contributed by atoms with Crippen LogP contribution in [0.1, 0.15) is 0 Å². The number of hydrogen-bond acceptors (Lipinski definition) is 4. The van der Waals surface area contributed by atoms with Gasteiger partial charge < -0.3 is 9.80 Å². The summed E-state index contributed by atoms with van der Waals surface area (Å²) in [5.74, 6) is 0. The molecule has 0 unspecified atom stereocenters. The van der Waals surface area contributed by atoms with Gasteiger partial charge in [0.05, 0.1) is 10.0 Å². The Morgan fingerprint density at radius 2 is 0.846 bits per heavy atom. The predicted octanol–water partition coefficient (Wildman–Crippen LogP) is 8.20. The van der Waals surface area contributed by atoms with E-state index in [9.17, 15) is 0 Å². The van der Waals surface area contributed by atoms with E-state index in [4.69, 9.17) is 0 Å². The predicted molar refractivity (Wildman–Crippen MR) is 171 cm³/mol. The Hall–Kier alpha value is -4.32. The first-order chi connectivity index (χ1) is 19.4. The number of fused-ring (bicyclic) bond motifs is 8. The summed E-state index contributed by atoms with van der Waals surface area (Å²) in [6, 6.07) is 46.5. The second-order valence-corrected chi connectivity index (χ2v) is 12.2. The van der Waals surface area contributed by atoms with Crippen LogP contribution in [0, 0.1) is 0 Å². The van der Waals surface area contributed by atoms with E-state index in [1.807, 2.05) is 22.7 Å². The van der Waals surface area contributed by atoms with Gasteiger partial charge in [-0.05, 0) is 75.7 Å². The van der Waals surface area contributed by atoms with E-state index in [-0.39, 0.29) is 6.71 Å². The Bertz CT molecular complexity index is 1900. The van der Waals surface area contributed by atoms with E-state index in [0.717, 1.165) is 0 Å². The monoisotopic (exact) mass is 532 g/mol. The van der Waals surface area contributed by atoms with E-state index >= 15 is 0 Å². The maximum atomic E-state index is 2.50. The molecule has 0 atom stereocenters.